The molecule has 176 valence electrons. The van der Waals surface area contributed by atoms with E-state index in [9.17, 15) is 9.59 Å². The largest absolute Gasteiger partial charge is 0.463 e. The maximum Gasteiger partial charge on any atom is 0.338 e. The van der Waals surface area contributed by atoms with Crippen LogP contribution in [0.3, 0.4) is 0 Å². The van der Waals surface area contributed by atoms with Gasteiger partial charge in [-0.3, -0.25) is 9.36 Å². The van der Waals surface area contributed by atoms with Crippen LogP contribution in [0.2, 0.25) is 0 Å². The van der Waals surface area contributed by atoms with Gasteiger partial charge in [-0.1, -0.05) is 93.1 Å². The Hall–Kier alpha value is -3.25. The third-order valence-corrected chi connectivity index (χ3v) is 6.89. The van der Waals surface area contributed by atoms with E-state index < -0.39 is 12.0 Å². The number of allylic oxidation sites excluding steroid dienone is 1. The molecule has 0 saturated heterocycles. The van der Waals surface area contributed by atoms with Gasteiger partial charge < -0.3 is 4.74 Å². The second kappa shape index (κ2) is 10.3. The van der Waals surface area contributed by atoms with Crippen LogP contribution in [-0.4, -0.2) is 17.1 Å². The normalized spacial score (nSPS) is 15.9. The Kier molecular flexibility index (Phi) is 7.27. The van der Waals surface area contributed by atoms with Crippen LogP contribution in [0, 0.1) is 0 Å². The van der Waals surface area contributed by atoms with Crippen LogP contribution in [-0.2, 0) is 9.53 Å². The first-order valence-corrected chi connectivity index (χ1v) is 12.6. The number of aromatic nitrogens is 1. The van der Waals surface area contributed by atoms with Gasteiger partial charge in [0, 0.05) is 0 Å². The highest BCUT2D eigenvalue weighted by molar-refractivity contribution is 7.07. The molecule has 0 unspecified atom stereocenters. The lowest BCUT2D eigenvalue weighted by atomic mass is 9.92. The first kappa shape index (κ1) is 23.9. The van der Waals surface area contributed by atoms with Gasteiger partial charge in [-0.15, -0.1) is 0 Å². The summed E-state index contributed by atoms with van der Waals surface area (Å²) < 4.78 is 7.71. The summed E-state index contributed by atoms with van der Waals surface area (Å²) in [5, 5.41) is 0. The third-order valence-electron chi connectivity index (χ3n) is 5.91. The van der Waals surface area contributed by atoms with Gasteiger partial charge in [-0.2, -0.15) is 0 Å². The molecule has 0 bridgehead atoms. The topological polar surface area (TPSA) is 60.7 Å². The number of nitrogens with zero attached hydrogens (tertiary/aromatic N) is 2. The van der Waals surface area contributed by atoms with Gasteiger partial charge in [-0.05, 0) is 42.0 Å². The molecular weight excluding hydrogens is 444 g/mol. The standard InChI is InChI=1S/C28H30N2O3S/c1-5-10-22-24(27(32)33-6-2)25(21-15-13-20(14-16-21)18(3)4)30-26(31)23(34-28(30)29-22)17-19-11-8-7-9-12-19/h7-9,11-18,25H,5-6,10H2,1-4H3/b23-17-/t25-/m1/s1. The number of thiazole rings is 1. The third kappa shape index (κ3) is 4.68. The minimum atomic E-state index is -0.573. The summed E-state index contributed by atoms with van der Waals surface area (Å²) in [6, 6.07) is 17.4. The van der Waals surface area contributed by atoms with Crippen molar-refractivity contribution < 1.29 is 9.53 Å². The minimum absolute atomic E-state index is 0.150. The lowest BCUT2D eigenvalue weighted by Crippen LogP contribution is -2.40. The van der Waals surface area contributed by atoms with Crippen molar-refractivity contribution in [2.24, 2.45) is 4.99 Å². The molecular formula is C28H30N2O3S. The molecule has 0 fully saturated rings. The average molecular weight is 475 g/mol. The first-order valence-electron chi connectivity index (χ1n) is 11.8. The summed E-state index contributed by atoms with van der Waals surface area (Å²) in [5.74, 6) is -0.0254. The SMILES string of the molecule is CCCC1=C(C(=O)OCC)[C@@H](c2ccc(C(C)C)cc2)n2c(s/c(=C\c3ccccc3)c2=O)=N1. The molecule has 0 aliphatic carbocycles. The van der Waals surface area contributed by atoms with Gasteiger partial charge in [0.25, 0.3) is 5.56 Å². The lowest BCUT2D eigenvalue weighted by molar-refractivity contribution is -0.139. The molecule has 1 atom stereocenters. The summed E-state index contributed by atoms with van der Waals surface area (Å²) in [5.41, 5.74) is 4.04. The molecule has 6 heteroatoms. The van der Waals surface area contributed by atoms with Crippen LogP contribution >= 0.6 is 11.3 Å². The molecule has 2 aromatic carbocycles. The van der Waals surface area contributed by atoms with E-state index in [4.69, 9.17) is 9.73 Å². The molecule has 0 saturated carbocycles. The fraction of sp³-hybridized carbons (Fsp3) is 0.321. The van der Waals surface area contributed by atoms with Crippen molar-refractivity contribution in [2.45, 2.75) is 52.5 Å². The van der Waals surface area contributed by atoms with Crippen molar-refractivity contribution in [3.05, 3.63) is 102 Å². The highest BCUT2D eigenvalue weighted by Crippen LogP contribution is 2.33. The highest BCUT2D eigenvalue weighted by Gasteiger charge is 2.34. The van der Waals surface area contributed by atoms with E-state index in [1.165, 1.54) is 16.9 Å². The van der Waals surface area contributed by atoms with Gasteiger partial charge in [0.15, 0.2) is 4.80 Å². The summed E-state index contributed by atoms with van der Waals surface area (Å²) in [6.45, 7) is 8.40. The maximum absolute atomic E-state index is 13.7. The Labute approximate surface area is 203 Å². The first-order chi connectivity index (χ1) is 16.4. The van der Waals surface area contributed by atoms with Crippen molar-refractivity contribution in [1.82, 2.24) is 4.57 Å². The molecule has 1 aromatic heterocycles. The van der Waals surface area contributed by atoms with Gasteiger partial charge in [0.1, 0.15) is 0 Å². The quantitative estimate of drug-likeness (QED) is 0.466. The van der Waals surface area contributed by atoms with Gasteiger partial charge in [-0.25, -0.2) is 9.79 Å². The van der Waals surface area contributed by atoms with E-state index in [-0.39, 0.29) is 12.2 Å². The fourth-order valence-electron chi connectivity index (χ4n) is 4.20. The molecule has 0 spiro atoms. The molecule has 4 rings (SSSR count). The second-order valence-electron chi connectivity index (χ2n) is 8.65. The summed E-state index contributed by atoms with van der Waals surface area (Å²) >= 11 is 1.36. The van der Waals surface area contributed by atoms with Crippen LogP contribution in [0.15, 0.2) is 75.7 Å². The number of hydrogen-bond donors (Lipinski definition) is 0. The minimum Gasteiger partial charge on any atom is -0.463 e. The van der Waals surface area contributed by atoms with Gasteiger partial charge >= 0.3 is 5.97 Å². The Morgan fingerprint density at radius 1 is 1.12 bits per heavy atom. The van der Waals surface area contributed by atoms with Crippen LogP contribution in [0.5, 0.6) is 0 Å². The van der Waals surface area contributed by atoms with E-state index in [1.54, 1.807) is 11.5 Å². The predicted molar refractivity (Wildman–Crippen MR) is 137 cm³/mol. The number of esters is 1. The van der Waals surface area contributed by atoms with Crippen molar-refractivity contribution in [2.75, 3.05) is 6.61 Å². The number of benzene rings is 2. The average Bonchev–Trinajstić information content (AvgIpc) is 3.14. The fourth-order valence-corrected chi connectivity index (χ4v) is 5.22. The van der Waals surface area contributed by atoms with Crippen molar-refractivity contribution in [3.8, 4) is 0 Å². The van der Waals surface area contributed by atoms with Crippen LogP contribution in [0.25, 0.3) is 6.08 Å². The van der Waals surface area contributed by atoms with E-state index in [1.807, 2.05) is 48.5 Å². The van der Waals surface area contributed by atoms with Crippen LogP contribution in [0.1, 0.15) is 69.2 Å². The molecule has 0 amide bonds. The molecule has 5 nitrogen and oxygen atoms in total. The number of hydrogen-bond acceptors (Lipinski definition) is 5. The summed E-state index contributed by atoms with van der Waals surface area (Å²) in [4.78, 5) is 32.3. The maximum atomic E-state index is 13.7. The highest BCUT2D eigenvalue weighted by atomic mass is 32.1. The second-order valence-corrected chi connectivity index (χ2v) is 9.65. The Morgan fingerprint density at radius 3 is 2.44 bits per heavy atom. The smallest absolute Gasteiger partial charge is 0.338 e. The predicted octanol–water partition coefficient (Wildman–Crippen LogP) is 4.70. The van der Waals surface area contributed by atoms with Crippen LogP contribution in [0.4, 0.5) is 0 Å². The number of ether oxygens (including phenoxy) is 1. The van der Waals surface area contributed by atoms with Crippen molar-refractivity contribution in [1.29, 1.82) is 0 Å². The Bertz CT molecular complexity index is 1380. The molecule has 3 aromatic rings. The monoisotopic (exact) mass is 474 g/mol. The Balaban J connectivity index is 1.98. The van der Waals surface area contributed by atoms with Crippen LogP contribution < -0.4 is 14.9 Å². The number of carbonyl (C=O) groups excluding carboxylic acids is 1. The zero-order chi connectivity index (χ0) is 24.2. The summed E-state index contributed by atoms with van der Waals surface area (Å²) in [7, 11) is 0. The molecule has 0 N–H and O–H groups in total. The van der Waals surface area contributed by atoms with E-state index in [0.717, 1.165) is 17.5 Å². The summed E-state index contributed by atoms with van der Waals surface area (Å²) in [6.07, 6.45) is 3.36. The number of carbonyl (C=O) groups is 1. The zero-order valence-corrected chi connectivity index (χ0v) is 20.9. The van der Waals surface area contributed by atoms with E-state index in [2.05, 4.69) is 32.9 Å². The molecule has 2 heterocycles. The van der Waals surface area contributed by atoms with Crippen molar-refractivity contribution >= 4 is 23.4 Å². The van der Waals surface area contributed by atoms with Gasteiger partial charge in [0.05, 0.1) is 28.5 Å². The number of fused-ring (bicyclic) bond motifs is 1. The number of rotatable bonds is 7. The molecule has 0 radical (unpaired) electrons. The lowest BCUT2D eigenvalue weighted by Gasteiger charge is -2.26. The van der Waals surface area contributed by atoms with E-state index >= 15 is 0 Å². The molecule has 1 aliphatic heterocycles. The molecule has 34 heavy (non-hydrogen) atoms. The van der Waals surface area contributed by atoms with E-state index in [0.29, 0.717) is 32.9 Å². The Morgan fingerprint density at radius 2 is 1.82 bits per heavy atom. The van der Waals surface area contributed by atoms with Crippen molar-refractivity contribution in [3.63, 3.8) is 0 Å². The van der Waals surface area contributed by atoms with Gasteiger partial charge in [0.2, 0.25) is 0 Å². The zero-order valence-electron chi connectivity index (χ0n) is 20.1. The molecule has 1 aliphatic rings.